The van der Waals surface area contributed by atoms with Crippen molar-refractivity contribution in [1.82, 2.24) is 15.7 Å². The fourth-order valence-electron chi connectivity index (χ4n) is 2.41. The van der Waals surface area contributed by atoms with E-state index < -0.39 is 16.7 Å². The van der Waals surface area contributed by atoms with Crippen molar-refractivity contribution in [2.75, 3.05) is 6.54 Å². The van der Waals surface area contributed by atoms with Crippen LogP contribution in [0.15, 0.2) is 59.8 Å². The zero-order valence-electron chi connectivity index (χ0n) is 14.0. The van der Waals surface area contributed by atoms with Crippen LogP contribution in [0.1, 0.15) is 15.9 Å². The highest BCUT2D eigenvalue weighted by Gasteiger charge is 2.10. The number of aromatic amines is 1. The van der Waals surface area contributed by atoms with E-state index in [0.29, 0.717) is 0 Å². The van der Waals surface area contributed by atoms with Crippen molar-refractivity contribution < 1.29 is 14.5 Å². The van der Waals surface area contributed by atoms with Crippen molar-refractivity contribution in [3.05, 3.63) is 76.0 Å². The molecule has 0 aliphatic rings. The number of carbonyl (C=O) groups is 2. The predicted molar refractivity (Wildman–Crippen MR) is 99.5 cm³/mol. The molecular weight excluding hydrogens is 350 g/mol. The summed E-state index contributed by atoms with van der Waals surface area (Å²) in [6.45, 7) is -0.277. The fraction of sp³-hybridized carbons (Fsp3) is 0.0556. The molecule has 9 heteroatoms. The number of hydrogen-bond acceptors (Lipinski definition) is 5. The van der Waals surface area contributed by atoms with Crippen molar-refractivity contribution in [3.8, 4) is 0 Å². The van der Waals surface area contributed by atoms with E-state index >= 15 is 0 Å². The van der Waals surface area contributed by atoms with E-state index in [-0.39, 0.29) is 17.8 Å². The Morgan fingerprint density at radius 2 is 1.89 bits per heavy atom. The number of nitro groups is 1. The highest BCUT2D eigenvalue weighted by molar-refractivity contribution is 5.99. The highest BCUT2D eigenvalue weighted by atomic mass is 16.6. The minimum absolute atomic E-state index is 0.115. The van der Waals surface area contributed by atoms with Crippen LogP contribution in [0.5, 0.6) is 0 Å². The van der Waals surface area contributed by atoms with Crippen LogP contribution in [0.3, 0.4) is 0 Å². The highest BCUT2D eigenvalue weighted by Crippen LogP contribution is 2.15. The van der Waals surface area contributed by atoms with Gasteiger partial charge in [-0.2, -0.15) is 5.10 Å². The summed E-state index contributed by atoms with van der Waals surface area (Å²) in [6.07, 6.45) is 3.28. The number of para-hydroxylation sites is 1. The lowest BCUT2D eigenvalue weighted by Gasteiger charge is -2.04. The number of H-pyrrole nitrogens is 1. The third kappa shape index (κ3) is 4.34. The topological polar surface area (TPSA) is 129 Å². The third-order valence-electron chi connectivity index (χ3n) is 3.76. The van der Waals surface area contributed by atoms with Gasteiger partial charge >= 0.3 is 0 Å². The van der Waals surface area contributed by atoms with Crippen molar-refractivity contribution >= 4 is 34.6 Å². The maximum absolute atomic E-state index is 11.9. The quantitative estimate of drug-likeness (QED) is 0.350. The Morgan fingerprint density at radius 3 is 2.63 bits per heavy atom. The molecule has 0 aliphatic carbocycles. The number of nitrogens with one attached hydrogen (secondary N) is 3. The van der Waals surface area contributed by atoms with E-state index in [1.165, 1.54) is 30.5 Å². The fourth-order valence-corrected chi connectivity index (χ4v) is 2.41. The number of aromatic nitrogens is 1. The summed E-state index contributed by atoms with van der Waals surface area (Å²) in [7, 11) is 0. The predicted octanol–water partition coefficient (Wildman–Crippen LogP) is 1.96. The number of nitro benzene ring substituents is 1. The monoisotopic (exact) mass is 365 g/mol. The van der Waals surface area contributed by atoms with E-state index in [4.69, 9.17) is 0 Å². The maximum atomic E-state index is 11.9. The molecule has 3 N–H and O–H groups in total. The van der Waals surface area contributed by atoms with E-state index in [9.17, 15) is 19.7 Å². The number of carbonyl (C=O) groups excluding carboxylic acids is 2. The molecule has 9 nitrogen and oxygen atoms in total. The summed E-state index contributed by atoms with van der Waals surface area (Å²) >= 11 is 0. The minimum atomic E-state index is -0.555. The Balaban J connectivity index is 1.50. The van der Waals surface area contributed by atoms with Crippen LogP contribution < -0.4 is 10.7 Å². The molecule has 0 fully saturated rings. The molecule has 0 spiro atoms. The Labute approximate surface area is 153 Å². The second-order valence-corrected chi connectivity index (χ2v) is 5.57. The number of nitrogens with zero attached hydrogens (tertiary/aromatic N) is 2. The van der Waals surface area contributed by atoms with Gasteiger partial charge < -0.3 is 10.3 Å². The zero-order valence-corrected chi connectivity index (χ0v) is 14.0. The molecule has 3 aromatic rings. The van der Waals surface area contributed by atoms with Crippen molar-refractivity contribution in [2.45, 2.75) is 0 Å². The Morgan fingerprint density at radius 1 is 1.15 bits per heavy atom. The number of hydrogen-bond donors (Lipinski definition) is 3. The largest absolute Gasteiger partial charge is 0.361 e. The van der Waals surface area contributed by atoms with Crippen LogP contribution in [-0.4, -0.2) is 34.5 Å². The molecule has 0 unspecified atom stereocenters. The Hall–Kier alpha value is -4.01. The molecule has 0 atom stereocenters. The van der Waals surface area contributed by atoms with Gasteiger partial charge in [0, 0.05) is 40.4 Å². The summed E-state index contributed by atoms with van der Waals surface area (Å²) in [5, 5.41) is 17.9. The van der Waals surface area contributed by atoms with Crippen LogP contribution in [0.4, 0.5) is 5.69 Å². The molecule has 1 heterocycles. The summed E-state index contributed by atoms with van der Waals surface area (Å²) < 4.78 is 0. The zero-order chi connectivity index (χ0) is 19.2. The van der Waals surface area contributed by atoms with Gasteiger partial charge in [-0.05, 0) is 18.2 Å². The van der Waals surface area contributed by atoms with Gasteiger partial charge in [-0.1, -0.05) is 18.2 Å². The number of benzene rings is 2. The molecule has 2 aromatic carbocycles. The number of amides is 2. The van der Waals surface area contributed by atoms with Crippen molar-refractivity contribution in [2.24, 2.45) is 5.10 Å². The lowest BCUT2D eigenvalue weighted by atomic mass is 10.2. The molecule has 136 valence electrons. The normalized spacial score (nSPS) is 10.8. The van der Waals surface area contributed by atoms with Gasteiger partial charge in [-0.3, -0.25) is 19.7 Å². The molecule has 1 aromatic heterocycles. The van der Waals surface area contributed by atoms with E-state index in [1.807, 2.05) is 24.3 Å². The van der Waals surface area contributed by atoms with Crippen LogP contribution in [0.2, 0.25) is 0 Å². The number of fused-ring (bicyclic) bond motifs is 1. The molecule has 3 rings (SSSR count). The minimum Gasteiger partial charge on any atom is -0.361 e. The smallest absolute Gasteiger partial charge is 0.269 e. The van der Waals surface area contributed by atoms with Gasteiger partial charge in [0.05, 0.1) is 17.7 Å². The van der Waals surface area contributed by atoms with Crippen molar-refractivity contribution in [1.29, 1.82) is 0 Å². The average Bonchev–Trinajstić information content (AvgIpc) is 3.09. The van der Waals surface area contributed by atoms with E-state index in [0.717, 1.165) is 16.5 Å². The van der Waals surface area contributed by atoms with Gasteiger partial charge in [0.1, 0.15) is 0 Å². The number of non-ortho nitro benzene ring substituents is 1. The molecule has 0 bridgehead atoms. The molecule has 2 amide bonds. The van der Waals surface area contributed by atoms with Gasteiger partial charge in [0.2, 0.25) is 0 Å². The molecule has 0 saturated heterocycles. The first-order valence-corrected chi connectivity index (χ1v) is 7.95. The summed E-state index contributed by atoms with van der Waals surface area (Å²) in [5.41, 5.74) is 4.21. The summed E-state index contributed by atoms with van der Waals surface area (Å²) in [6, 6.07) is 12.8. The van der Waals surface area contributed by atoms with Gasteiger partial charge in [0.15, 0.2) is 0 Å². The molecule has 0 saturated carbocycles. The first-order valence-electron chi connectivity index (χ1n) is 7.95. The van der Waals surface area contributed by atoms with Crippen LogP contribution in [-0.2, 0) is 4.79 Å². The first kappa shape index (κ1) is 17.8. The van der Waals surface area contributed by atoms with Crippen molar-refractivity contribution in [3.63, 3.8) is 0 Å². The lowest BCUT2D eigenvalue weighted by molar-refractivity contribution is -0.384. The van der Waals surface area contributed by atoms with Crippen LogP contribution >= 0.6 is 0 Å². The lowest BCUT2D eigenvalue weighted by Crippen LogP contribution is -2.34. The second kappa shape index (κ2) is 7.91. The van der Waals surface area contributed by atoms with Crippen LogP contribution in [0, 0.1) is 10.1 Å². The Kier molecular flexibility index (Phi) is 5.22. The Bertz CT molecular complexity index is 1020. The maximum Gasteiger partial charge on any atom is 0.269 e. The van der Waals surface area contributed by atoms with E-state index in [1.54, 1.807) is 6.20 Å². The average molecular weight is 365 g/mol. The van der Waals surface area contributed by atoms with Gasteiger partial charge in [0.25, 0.3) is 17.5 Å². The summed E-state index contributed by atoms with van der Waals surface area (Å²) in [4.78, 5) is 36.8. The molecule has 0 radical (unpaired) electrons. The second-order valence-electron chi connectivity index (χ2n) is 5.57. The van der Waals surface area contributed by atoms with Crippen LogP contribution in [0.25, 0.3) is 10.9 Å². The standard InChI is InChI=1S/C18H15N5O4/c24-17(11-20-18(25)12-5-7-14(8-6-12)23(26)27)22-21-10-13-9-19-16-4-2-1-3-15(13)16/h1-10,19H,11H2,(H,20,25)(H,22,24). The third-order valence-corrected chi connectivity index (χ3v) is 3.76. The summed E-state index contributed by atoms with van der Waals surface area (Å²) in [5.74, 6) is -1.01. The first-order chi connectivity index (χ1) is 13.0. The number of rotatable bonds is 6. The SMILES string of the molecule is O=C(CNC(=O)c1ccc([N+](=O)[O-])cc1)NN=Cc1c[nH]c2ccccc12. The number of hydrazone groups is 1. The van der Waals surface area contributed by atoms with E-state index in [2.05, 4.69) is 20.8 Å². The van der Waals surface area contributed by atoms with Gasteiger partial charge in [-0.25, -0.2) is 5.43 Å². The molecule has 0 aliphatic heterocycles. The molecular formula is C18H15N5O4. The van der Waals surface area contributed by atoms with Gasteiger partial charge in [-0.15, -0.1) is 0 Å². The molecule has 27 heavy (non-hydrogen) atoms.